The number of nitrogens with zero attached hydrogens (tertiary/aromatic N) is 13. The first-order valence-electron chi connectivity index (χ1n) is 41.9. The van der Waals surface area contributed by atoms with Gasteiger partial charge in [-0.25, -0.2) is 28.1 Å². The predicted octanol–water partition coefficient (Wildman–Crippen LogP) is 21.2. The molecule has 0 unspecified atom stereocenters. The summed E-state index contributed by atoms with van der Waals surface area (Å²) < 4.78 is 59.4. The number of nitrogen functional groups attached to an aromatic ring is 1. The molecule has 3 aliphatic heterocycles. The molecule has 13 N–H and O–H groups in total. The van der Waals surface area contributed by atoms with Gasteiger partial charge in [0.2, 0.25) is 29.0 Å². The fraction of sp³-hybridized carbons (Fsp3) is 0.448. The lowest BCUT2D eigenvalue weighted by Gasteiger charge is -2.29. The summed E-state index contributed by atoms with van der Waals surface area (Å²) in [5.74, 6) is 3.16. The van der Waals surface area contributed by atoms with E-state index >= 15 is 0 Å². The third-order valence-electron chi connectivity index (χ3n) is 21.9. The lowest BCUT2D eigenvalue weighted by atomic mass is 9.96. The molecule has 3 fully saturated rings. The highest BCUT2D eigenvalue weighted by atomic mass is 35.5. The smallest absolute Gasteiger partial charge is 0.294 e. The minimum Gasteiger partial charge on any atom is -0.494 e. The molecule has 3 aromatic heterocycles. The maximum atomic E-state index is 14.2. The Morgan fingerprint density at radius 1 is 0.533 bits per heavy atom. The van der Waals surface area contributed by atoms with Crippen molar-refractivity contribution in [3.63, 3.8) is 0 Å². The zero-order chi connectivity index (χ0) is 97.7. The average Bonchev–Trinajstić information content (AvgIpc) is 1.75. The number of hydrogen-bond donors (Lipinski definition) is 12. The molecule has 0 bridgehead atoms. The SMILES string of the molecule is C.C.C.C.C.C=CC(=O)Nc1cc(Nc2nccc(Nc3cc(Cl)c(F)cc3C(C)(C)O)n2)c(OC)cc1N(C)C[C@H]1C[C@H](C)CN1C.COc1cc(N(C)C[C@H]2C[C@H](C)CN2C)c(N)cc1Nc1nccc(Nc2cc(Cl)c(F)cc2C(C)(C)O)n1.COc1cc(N(C)C[C@H]2C[C@H](C)CN2C)c([N+](=O)[O-])cc1Nc1nccc(Nc2cc(Cl)c(F)cc2C(C)(C)O)n1.O=C(Cl)CCCl.O=CO. The molecule has 6 aromatic carbocycles. The van der Waals surface area contributed by atoms with E-state index in [4.69, 9.17) is 87.9 Å². The number of nitrogens with one attached hydrogen (secondary N) is 7. The van der Waals surface area contributed by atoms with E-state index in [9.17, 15) is 48.2 Å². The summed E-state index contributed by atoms with van der Waals surface area (Å²) in [4.78, 5) is 81.7. The molecule has 754 valence electrons. The lowest BCUT2D eigenvalue weighted by molar-refractivity contribution is -0.384. The maximum Gasteiger partial charge on any atom is 0.294 e. The molecule has 3 aliphatic rings. The van der Waals surface area contributed by atoms with E-state index in [1.54, 1.807) is 90.7 Å². The Hall–Kier alpha value is -11.3. The molecule has 1 amide bonds. The average molecular weight is 2010 g/mol. The third kappa shape index (κ3) is 33.8. The van der Waals surface area contributed by atoms with Crippen molar-refractivity contribution in [2.24, 2.45) is 17.8 Å². The number of alkyl halides is 1. The largest absolute Gasteiger partial charge is 0.494 e. The number of hydrogen-bond acceptors (Lipinski definition) is 30. The molecule has 3 saturated heterocycles. The number of halogens is 8. The maximum absolute atomic E-state index is 14.2. The number of ether oxygens (including phenoxy) is 3. The van der Waals surface area contributed by atoms with Crippen molar-refractivity contribution in [2.45, 2.75) is 160 Å². The van der Waals surface area contributed by atoms with Crippen molar-refractivity contribution in [1.82, 2.24) is 44.6 Å². The van der Waals surface area contributed by atoms with Gasteiger partial charge in [0.05, 0.1) is 97.9 Å². The van der Waals surface area contributed by atoms with Gasteiger partial charge in [-0.15, -0.1) is 11.6 Å². The van der Waals surface area contributed by atoms with Gasteiger partial charge in [0.25, 0.3) is 12.2 Å². The molecule has 6 atom stereocenters. The minimum absolute atomic E-state index is 0. The number of carbonyl (C=O) groups is 3. The number of nitrogens with two attached hydrogens (primary N) is 1. The quantitative estimate of drug-likeness (QED) is 0.00354. The number of benzene rings is 6. The number of methoxy groups -OCH3 is 3. The number of nitro groups is 1. The van der Waals surface area contributed by atoms with E-state index < -0.39 is 39.2 Å². The molecule has 0 aliphatic carbocycles. The van der Waals surface area contributed by atoms with Crippen LogP contribution in [0.2, 0.25) is 15.1 Å². The summed E-state index contributed by atoms with van der Waals surface area (Å²) in [6, 6.07) is 24.1. The van der Waals surface area contributed by atoms with E-state index in [-0.39, 0.29) is 105 Å². The molecular formula is C96H137Cl5F3N21O12. The molecule has 33 nitrogen and oxygen atoms in total. The molecule has 0 radical (unpaired) electrons. The number of anilines is 17. The van der Waals surface area contributed by atoms with Crippen LogP contribution in [-0.4, -0.2) is 214 Å². The molecular weight excluding hydrogens is 1870 g/mol. The number of likely N-dealkylation sites (tertiary alicyclic amines) is 3. The zero-order valence-corrected chi connectivity index (χ0v) is 80.7. The van der Waals surface area contributed by atoms with Gasteiger partial charge in [-0.2, -0.15) is 15.0 Å². The first kappa shape index (κ1) is 120. The van der Waals surface area contributed by atoms with Crippen LogP contribution in [0.25, 0.3) is 0 Å². The van der Waals surface area contributed by atoms with Crippen molar-refractivity contribution in [3.05, 3.63) is 182 Å². The first-order chi connectivity index (χ1) is 62.1. The Morgan fingerprint density at radius 3 is 1.12 bits per heavy atom. The van der Waals surface area contributed by atoms with Gasteiger partial charge in [-0.05, 0) is 184 Å². The number of aromatic nitrogens is 6. The van der Waals surface area contributed by atoms with Crippen LogP contribution in [-0.2, 0) is 31.2 Å². The van der Waals surface area contributed by atoms with Gasteiger partial charge in [0, 0.05) is 167 Å². The second-order valence-electron chi connectivity index (χ2n) is 34.2. The van der Waals surface area contributed by atoms with Crippen LogP contribution in [0.3, 0.4) is 0 Å². The number of aliphatic hydroxyl groups is 3. The molecule has 0 spiro atoms. The summed E-state index contributed by atoms with van der Waals surface area (Å²) in [6.07, 6.45) is 9.35. The fourth-order valence-corrected chi connectivity index (χ4v) is 16.5. The van der Waals surface area contributed by atoms with Gasteiger partial charge in [0.1, 0.15) is 57.8 Å². The Labute approximate surface area is 828 Å². The van der Waals surface area contributed by atoms with E-state index in [1.807, 2.05) is 38.2 Å². The highest BCUT2D eigenvalue weighted by Gasteiger charge is 2.35. The summed E-state index contributed by atoms with van der Waals surface area (Å²) in [5.41, 5.74) is 9.18. The monoisotopic (exact) mass is 2010 g/mol. The van der Waals surface area contributed by atoms with E-state index in [0.717, 1.165) is 63.4 Å². The second kappa shape index (κ2) is 53.6. The van der Waals surface area contributed by atoms with E-state index in [0.29, 0.717) is 145 Å². The topological polar surface area (TPSA) is 410 Å². The number of carbonyl (C=O) groups excluding carboxylic acids is 2. The highest BCUT2D eigenvalue weighted by molar-refractivity contribution is 6.63. The number of amides is 1. The van der Waals surface area contributed by atoms with Gasteiger partial charge in [-0.1, -0.05) is 99.3 Å². The fourth-order valence-electron chi connectivity index (χ4n) is 15.6. The minimum atomic E-state index is -1.37. The Balaban J connectivity index is 0.000000497. The highest BCUT2D eigenvalue weighted by Crippen LogP contribution is 2.45. The van der Waals surface area contributed by atoms with Crippen molar-refractivity contribution < 1.29 is 67.1 Å². The standard InChI is InChI=1S/C31H39ClFN7O3.C28H35ClFN7O4.C28H37ClFN7O2.C3H4Cl2O.CH2O2.5CH4/c1-8-29(41)36-24-14-25(27(43-7)15-26(24)40(6)17-19-11-18(2)16-39(19)5)37-30-34-10-9-28(38-30)35-23-13-21(32)22(33)12-20(23)31(3,4)42;1-16-9-17(35(4)14-16)15-36(5)23-13-25(41-6)22(12-24(23)37(39)40)33-27-31-8-7-26(34-27)32-21-11-19(29)20(30)10-18(21)28(2,3)38;1-16-9-17(36(4)14-16)15-37(5)24-13-25(39-6)23(12-21(24)31)34-27-32-8-7-26(35-27)33-22-11-19(29)20(30)10-18(22)28(2,3)38;4-2-1-3(5)6;2-1-3;;;;;/h8-10,12-15,18-19,42H,1,11,16-17H2,2-7H3,(H,36,41)(H2,34,35,37,38);7-8,10-13,16-17,38H,9,14-15H2,1-6H3,(H2,31,32,33,34);7-8,10-13,16-17,38H,9,14-15,31H2,1-6H3,(H2,32,33,34,35);1-2H2;1H,(H,2,3);5*1H4/t18-,19+;2*16-,17+;;;;;;;/m000......./s1. The first-order valence-corrected chi connectivity index (χ1v) is 44.0. The molecule has 0 saturated carbocycles. The van der Waals surface area contributed by atoms with Crippen LogP contribution in [0.15, 0.2) is 122 Å². The van der Waals surface area contributed by atoms with Crippen LogP contribution in [0.5, 0.6) is 17.2 Å². The van der Waals surface area contributed by atoms with Crippen molar-refractivity contribution in [2.75, 3.05) is 166 Å². The van der Waals surface area contributed by atoms with Crippen LogP contribution in [0.1, 0.15) is 142 Å². The third-order valence-corrected chi connectivity index (χ3v) is 23.2. The van der Waals surface area contributed by atoms with Crippen LogP contribution in [0.4, 0.5) is 117 Å². The predicted molar refractivity (Wildman–Crippen MR) is 554 cm³/mol. The van der Waals surface area contributed by atoms with Gasteiger partial charge >= 0.3 is 0 Å². The normalized spacial score (nSPS) is 16.0. The second-order valence-corrected chi connectivity index (χ2v) is 36.2. The van der Waals surface area contributed by atoms with Crippen LogP contribution in [0, 0.1) is 45.3 Å². The van der Waals surface area contributed by atoms with Gasteiger partial charge < -0.3 is 107 Å². The van der Waals surface area contributed by atoms with E-state index in [1.165, 1.54) is 75.7 Å². The van der Waals surface area contributed by atoms with Crippen molar-refractivity contribution in [1.29, 1.82) is 0 Å². The number of carboxylic acid groups (broad SMARTS) is 1. The summed E-state index contributed by atoms with van der Waals surface area (Å²) in [7, 11) is 16.9. The Morgan fingerprint density at radius 2 is 0.839 bits per heavy atom. The molecule has 6 heterocycles. The summed E-state index contributed by atoms with van der Waals surface area (Å²) >= 11 is 28.0. The number of likely N-dealkylation sites (N-methyl/N-ethyl adjacent to an activating group) is 6. The zero-order valence-electron chi connectivity index (χ0n) is 77.0. The molecule has 41 heteroatoms. The number of nitro benzene ring substituents is 1. The van der Waals surface area contributed by atoms with E-state index in [2.05, 4.69) is 140 Å². The Kier molecular flexibility index (Phi) is 46.9. The molecule has 9 aromatic rings. The van der Waals surface area contributed by atoms with Crippen LogP contribution < -0.4 is 71.9 Å². The number of rotatable bonds is 32. The Bertz CT molecular complexity index is 5510. The van der Waals surface area contributed by atoms with Gasteiger partial charge in [-0.3, -0.25) is 24.5 Å². The lowest BCUT2D eigenvalue weighted by Crippen LogP contribution is -2.37. The molecule has 137 heavy (non-hydrogen) atoms. The van der Waals surface area contributed by atoms with Crippen molar-refractivity contribution in [3.8, 4) is 17.2 Å². The van der Waals surface area contributed by atoms with Crippen molar-refractivity contribution >= 4 is 179 Å². The summed E-state index contributed by atoms with van der Waals surface area (Å²) in [5, 5.41) is 71.5. The molecule has 12 rings (SSSR count). The van der Waals surface area contributed by atoms with Crippen LogP contribution >= 0.6 is 58.0 Å². The summed E-state index contributed by atoms with van der Waals surface area (Å²) in [6.45, 7) is 24.8. The van der Waals surface area contributed by atoms with Gasteiger partial charge in [0.15, 0.2) is 0 Å².